The van der Waals surface area contributed by atoms with Gasteiger partial charge >= 0.3 is 0 Å². The smallest absolute Gasteiger partial charge is 0.158 e. The molecular formula is C27H29FN8. The van der Waals surface area contributed by atoms with E-state index in [1.807, 2.05) is 39.8 Å². The first-order valence-corrected chi connectivity index (χ1v) is 12.4. The Morgan fingerprint density at radius 1 is 1.03 bits per heavy atom. The number of halogens is 1. The highest BCUT2D eigenvalue weighted by Gasteiger charge is 2.19. The average Bonchev–Trinajstić information content (AvgIpc) is 3.48. The zero-order valence-corrected chi connectivity index (χ0v) is 19.9. The van der Waals surface area contributed by atoms with Crippen molar-refractivity contribution in [3.8, 4) is 0 Å². The van der Waals surface area contributed by atoms with Gasteiger partial charge in [0.1, 0.15) is 17.7 Å². The summed E-state index contributed by atoms with van der Waals surface area (Å²) < 4.78 is 17.3. The van der Waals surface area contributed by atoms with Crippen LogP contribution in [0, 0.1) is 5.82 Å². The highest BCUT2D eigenvalue weighted by Crippen LogP contribution is 2.26. The Hall–Kier alpha value is -3.82. The van der Waals surface area contributed by atoms with E-state index in [1.165, 1.54) is 12.1 Å². The van der Waals surface area contributed by atoms with Crippen molar-refractivity contribution in [2.75, 3.05) is 5.32 Å². The van der Waals surface area contributed by atoms with E-state index in [1.54, 1.807) is 12.4 Å². The van der Waals surface area contributed by atoms with Crippen molar-refractivity contribution in [3.63, 3.8) is 0 Å². The molecule has 1 saturated carbocycles. The predicted molar refractivity (Wildman–Crippen MR) is 139 cm³/mol. The number of nitrogens with zero attached hydrogens (tertiary/aromatic N) is 5. The fourth-order valence-corrected chi connectivity index (χ4v) is 5.07. The molecule has 0 atom stereocenters. The quantitative estimate of drug-likeness (QED) is 0.317. The maximum Gasteiger partial charge on any atom is 0.158 e. The molecule has 3 heterocycles. The van der Waals surface area contributed by atoms with Crippen LogP contribution in [0.4, 0.5) is 15.9 Å². The number of anilines is 2. The number of rotatable bonds is 7. The van der Waals surface area contributed by atoms with E-state index in [0.717, 1.165) is 71.3 Å². The third-order valence-electron chi connectivity index (χ3n) is 7.02. The van der Waals surface area contributed by atoms with Crippen LogP contribution in [0.2, 0.25) is 0 Å². The number of aromatic nitrogens is 5. The molecule has 5 aromatic rings. The molecule has 1 fully saturated rings. The molecule has 0 radical (unpaired) electrons. The Labute approximate surface area is 208 Å². The van der Waals surface area contributed by atoms with Gasteiger partial charge in [-0.2, -0.15) is 10.2 Å². The topological polar surface area (TPSA) is 98.1 Å². The fourth-order valence-electron chi connectivity index (χ4n) is 5.07. The molecule has 184 valence electrons. The molecule has 3 aromatic heterocycles. The molecule has 8 nitrogen and oxygen atoms in total. The molecule has 1 aliphatic rings. The van der Waals surface area contributed by atoms with Gasteiger partial charge in [0, 0.05) is 35.9 Å². The SMILES string of the molecule is N[C@H]1CC[C@H](NCc2ccn3ncnc(Nc4ccc5c(cnn5Cc5cccc(F)c5)c4)c23)CC1. The first-order chi connectivity index (χ1) is 17.6. The molecule has 1 aliphatic carbocycles. The Kier molecular flexibility index (Phi) is 6.08. The standard InChI is InChI=1S/C27H29FN8/c28-21-3-1-2-18(12-21)16-36-25-9-8-24(13-20(25)15-32-36)34-27-26-19(10-11-35(26)33-17-31-27)14-30-23-6-4-22(29)5-7-23/h1-3,8-13,15,17,22-23,30H,4-7,14,16,29H2,(H,31,33,34)/t22-,23-. The lowest BCUT2D eigenvalue weighted by atomic mass is 9.92. The second kappa shape index (κ2) is 9.67. The summed E-state index contributed by atoms with van der Waals surface area (Å²) in [5, 5.41) is 17.1. The summed E-state index contributed by atoms with van der Waals surface area (Å²) in [5.74, 6) is 0.512. The van der Waals surface area contributed by atoms with Crippen molar-refractivity contribution >= 4 is 27.9 Å². The van der Waals surface area contributed by atoms with E-state index in [4.69, 9.17) is 5.73 Å². The number of nitrogens with one attached hydrogen (secondary N) is 2. The molecule has 0 unspecified atom stereocenters. The summed E-state index contributed by atoms with van der Waals surface area (Å²) in [7, 11) is 0. The lowest BCUT2D eigenvalue weighted by Crippen LogP contribution is -2.37. The summed E-state index contributed by atoms with van der Waals surface area (Å²) in [6.07, 6.45) is 9.73. The van der Waals surface area contributed by atoms with Gasteiger partial charge in [0.05, 0.1) is 18.3 Å². The highest BCUT2D eigenvalue weighted by atomic mass is 19.1. The van der Waals surface area contributed by atoms with E-state index in [9.17, 15) is 4.39 Å². The minimum absolute atomic E-state index is 0.241. The van der Waals surface area contributed by atoms with E-state index in [0.29, 0.717) is 18.6 Å². The number of benzene rings is 2. The number of hydrogen-bond donors (Lipinski definition) is 3. The average molecular weight is 485 g/mol. The molecule has 2 aromatic carbocycles. The van der Waals surface area contributed by atoms with Crippen molar-refractivity contribution in [1.82, 2.24) is 29.7 Å². The summed E-state index contributed by atoms with van der Waals surface area (Å²) in [6.45, 7) is 1.26. The molecule has 4 N–H and O–H groups in total. The van der Waals surface area contributed by atoms with Gasteiger partial charge < -0.3 is 16.4 Å². The van der Waals surface area contributed by atoms with Crippen LogP contribution in [0.5, 0.6) is 0 Å². The summed E-state index contributed by atoms with van der Waals surface area (Å²) >= 11 is 0. The first kappa shape index (κ1) is 22.6. The van der Waals surface area contributed by atoms with Crippen LogP contribution in [0.15, 0.2) is 67.3 Å². The van der Waals surface area contributed by atoms with Gasteiger partial charge in [-0.15, -0.1) is 0 Å². The van der Waals surface area contributed by atoms with Gasteiger partial charge in [-0.3, -0.25) is 4.68 Å². The monoisotopic (exact) mass is 484 g/mol. The van der Waals surface area contributed by atoms with Crippen LogP contribution in [-0.4, -0.2) is 36.5 Å². The maximum atomic E-state index is 13.6. The normalized spacial score (nSPS) is 18.2. The molecule has 0 saturated heterocycles. The zero-order chi connectivity index (χ0) is 24.5. The second-order valence-electron chi connectivity index (χ2n) is 9.57. The predicted octanol–water partition coefficient (Wildman–Crippen LogP) is 4.37. The third kappa shape index (κ3) is 4.67. The minimum Gasteiger partial charge on any atom is -0.338 e. The summed E-state index contributed by atoms with van der Waals surface area (Å²) in [6, 6.07) is 15.6. The first-order valence-electron chi connectivity index (χ1n) is 12.4. The van der Waals surface area contributed by atoms with Gasteiger partial charge in [0.15, 0.2) is 5.82 Å². The van der Waals surface area contributed by atoms with Crippen LogP contribution in [0.1, 0.15) is 36.8 Å². The van der Waals surface area contributed by atoms with Crippen molar-refractivity contribution in [1.29, 1.82) is 0 Å². The Morgan fingerprint density at radius 3 is 2.78 bits per heavy atom. The zero-order valence-electron chi connectivity index (χ0n) is 19.9. The van der Waals surface area contributed by atoms with Crippen LogP contribution < -0.4 is 16.4 Å². The molecular weight excluding hydrogens is 455 g/mol. The maximum absolute atomic E-state index is 13.6. The Balaban J connectivity index is 1.21. The molecule has 0 spiro atoms. The van der Waals surface area contributed by atoms with Crippen LogP contribution in [0.3, 0.4) is 0 Å². The van der Waals surface area contributed by atoms with Crippen LogP contribution in [0.25, 0.3) is 16.4 Å². The molecule has 0 amide bonds. The number of fused-ring (bicyclic) bond motifs is 2. The van der Waals surface area contributed by atoms with Gasteiger partial charge in [0.25, 0.3) is 0 Å². The molecule has 0 bridgehead atoms. The van der Waals surface area contributed by atoms with Crippen molar-refractivity contribution in [2.45, 2.75) is 50.9 Å². The second-order valence-corrected chi connectivity index (χ2v) is 9.57. The molecule has 36 heavy (non-hydrogen) atoms. The van der Waals surface area contributed by atoms with Gasteiger partial charge in [-0.05, 0) is 73.2 Å². The van der Waals surface area contributed by atoms with Gasteiger partial charge in [-0.25, -0.2) is 13.9 Å². The van der Waals surface area contributed by atoms with Crippen LogP contribution in [-0.2, 0) is 13.1 Å². The van der Waals surface area contributed by atoms with Crippen molar-refractivity contribution in [3.05, 3.63) is 84.2 Å². The van der Waals surface area contributed by atoms with Crippen LogP contribution >= 0.6 is 0 Å². The molecule has 9 heteroatoms. The van der Waals surface area contributed by atoms with E-state index >= 15 is 0 Å². The lowest BCUT2D eigenvalue weighted by Gasteiger charge is -2.26. The van der Waals surface area contributed by atoms with E-state index in [2.05, 4.69) is 37.9 Å². The summed E-state index contributed by atoms with van der Waals surface area (Å²) in [5.41, 5.74) is 10.9. The lowest BCUT2D eigenvalue weighted by molar-refractivity contribution is 0.342. The van der Waals surface area contributed by atoms with E-state index in [-0.39, 0.29) is 5.82 Å². The molecule has 0 aliphatic heterocycles. The van der Waals surface area contributed by atoms with E-state index < -0.39 is 0 Å². The highest BCUT2D eigenvalue weighted by molar-refractivity contribution is 5.85. The Bertz CT molecular complexity index is 1500. The third-order valence-corrected chi connectivity index (χ3v) is 7.02. The van der Waals surface area contributed by atoms with Gasteiger partial charge in [-0.1, -0.05) is 12.1 Å². The number of hydrogen-bond acceptors (Lipinski definition) is 6. The van der Waals surface area contributed by atoms with Crippen molar-refractivity contribution < 1.29 is 4.39 Å². The minimum atomic E-state index is -0.241. The Morgan fingerprint density at radius 2 is 1.92 bits per heavy atom. The largest absolute Gasteiger partial charge is 0.338 e. The van der Waals surface area contributed by atoms with Gasteiger partial charge in [0.2, 0.25) is 0 Å². The molecule has 6 rings (SSSR count). The number of nitrogens with two attached hydrogens (primary N) is 1. The fraction of sp³-hybridized carbons (Fsp3) is 0.296. The van der Waals surface area contributed by atoms with Crippen molar-refractivity contribution in [2.24, 2.45) is 5.73 Å². The summed E-state index contributed by atoms with van der Waals surface area (Å²) in [4.78, 5) is 4.55.